The van der Waals surface area contributed by atoms with Crippen LogP contribution in [0.5, 0.6) is 5.75 Å². The second-order valence-electron chi connectivity index (χ2n) is 17.6. The number of alkyl halides is 2. The molecular weight excluding hydrogens is 763 g/mol. The van der Waals surface area contributed by atoms with Crippen LogP contribution in [0.2, 0.25) is 0 Å². The maximum atomic E-state index is 15.3. The Kier molecular flexibility index (Phi) is 8.98. The standard InChI is InChI=1S/C45H52F2N4O8/c1-8-42-14-11-16-51-17-15-43(36(42)51)30-19-31(34(56-5)20-33(30)49(4)37(43)45(55,40(54)58-7)38(42)59-25(2)52)44(39(53)57-6)21-26-18-27(41(3,46)47)23-50(22-26)24-29-28-12-9-10-13-32(28)48-35(29)44/h9-14,18-20,26,36-38,48,55H,8,15-17,21-24H2,1-7H3/t26?,36-,37+,38+,42+,43+,44-,45-/m0/s1. The van der Waals surface area contributed by atoms with Gasteiger partial charge in [-0.25, -0.2) is 13.6 Å². The molecule has 6 aliphatic rings. The molecule has 59 heavy (non-hydrogen) atoms. The molecule has 0 radical (unpaired) electrons. The van der Waals surface area contributed by atoms with Crippen LogP contribution in [0.3, 0.4) is 0 Å². The highest BCUT2D eigenvalue weighted by Crippen LogP contribution is 2.68. The number of ether oxygens (including phenoxy) is 4. The number of para-hydroxylation sites is 1. The Balaban J connectivity index is 1.37. The summed E-state index contributed by atoms with van der Waals surface area (Å²) in [5.41, 5.74) is -1.85. The normalized spacial score (nSPS) is 34.4. The van der Waals surface area contributed by atoms with Gasteiger partial charge in [0.2, 0.25) is 5.60 Å². The van der Waals surface area contributed by atoms with E-state index >= 15 is 13.6 Å². The number of carbonyl (C=O) groups is 3. The molecule has 1 saturated heterocycles. The van der Waals surface area contributed by atoms with Crippen molar-refractivity contribution >= 4 is 34.5 Å². The number of nitrogens with one attached hydrogen (secondary N) is 1. The molecule has 6 heterocycles. The average molecular weight is 815 g/mol. The third-order valence-corrected chi connectivity index (χ3v) is 14.8. The molecule has 2 bridgehead atoms. The molecule has 9 atom stereocenters. The Bertz CT molecular complexity index is 2340. The number of aromatic amines is 1. The fourth-order valence-corrected chi connectivity index (χ4v) is 12.8. The molecule has 14 heteroatoms. The second kappa shape index (κ2) is 13.4. The van der Waals surface area contributed by atoms with E-state index in [4.69, 9.17) is 18.9 Å². The Morgan fingerprint density at radius 2 is 1.78 bits per heavy atom. The van der Waals surface area contributed by atoms with E-state index in [1.807, 2.05) is 72.3 Å². The molecule has 2 aromatic carbocycles. The summed E-state index contributed by atoms with van der Waals surface area (Å²) in [6.45, 7) is 6.20. The molecule has 1 aromatic heterocycles. The van der Waals surface area contributed by atoms with Crippen molar-refractivity contribution in [3.63, 3.8) is 0 Å². The summed E-state index contributed by atoms with van der Waals surface area (Å²) in [7, 11) is 5.90. The molecule has 0 amide bonds. The van der Waals surface area contributed by atoms with Crippen molar-refractivity contribution in [2.75, 3.05) is 59.5 Å². The van der Waals surface area contributed by atoms with E-state index in [0.717, 1.165) is 29.0 Å². The van der Waals surface area contributed by atoms with Gasteiger partial charge in [0.1, 0.15) is 11.2 Å². The molecule has 9 rings (SSSR count). The molecule has 1 saturated carbocycles. The SMILES string of the molecule is CC[C@]12C=CCN3CC[C@@]4(c5cc([C@@]6(C(=O)OC)CC7C=C(C(C)(F)F)CN(Cc8c6[nH]c6ccccc86)C7)c(OC)cc5N(C)[C@H]4[C@@](O)(C(=O)OC)[C@@H]1OC(C)=O)[C@@H]32. The van der Waals surface area contributed by atoms with Gasteiger partial charge >= 0.3 is 17.9 Å². The van der Waals surface area contributed by atoms with Crippen LogP contribution in [0.4, 0.5) is 14.5 Å². The van der Waals surface area contributed by atoms with E-state index in [1.165, 1.54) is 28.3 Å². The molecule has 3 aromatic rings. The van der Waals surface area contributed by atoms with E-state index in [-0.39, 0.29) is 24.6 Å². The number of rotatable bonds is 7. The maximum absolute atomic E-state index is 15.3. The molecule has 2 fully saturated rings. The Labute approximate surface area is 342 Å². The predicted octanol–water partition coefficient (Wildman–Crippen LogP) is 5.00. The zero-order chi connectivity index (χ0) is 42.0. The van der Waals surface area contributed by atoms with Gasteiger partial charge in [-0.3, -0.25) is 19.4 Å². The molecule has 314 valence electrons. The highest BCUT2D eigenvalue weighted by Gasteiger charge is 2.80. The first-order valence-electron chi connectivity index (χ1n) is 20.4. The van der Waals surface area contributed by atoms with Gasteiger partial charge in [-0.05, 0) is 55.0 Å². The monoisotopic (exact) mass is 814 g/mol. The van der Waals surface area contributed by atoms with Crippen molar-refractivity contribution in [3.8, 4) is 5.75 Å². The van der Waals surface area contributed by atoms with E-state index < -0.39 is 63.7 Å². The van der Waals surface area contributed by atoms with Crippen molar-refractivity contribution in [2.24, 2.45) is 11.3 Å². The van der Waals surface area contributed by atoms with Gasteiger partial charge in [-0.1, -0.05) is 43.4 Å². The lowest BCUT2D eigenvalue weighted by atomic mass is 9.47. The number of methoxy groups -OCH3 is 3. The topological polar surface area (TPSA) is 134 Å². The third kappa shape index (κ3) is 5.11. The minimum Gasteiger partial charge on any atom is -0.496 e. The number of fused-ring (bicyclic) bond motifs is 6. The predicted molar refractivity (Wildman–Crippen MR) is 214 cm³/mol. The lowest BCUT2D eigenvalue weighted by Gasteiger charge is -2.63. The number of aromatic nitrogens is 1. The summed E-state index contributed by atoms with van der Waals surface area (Å²) in [5, 5.41) is 14.1. The summed E-state index contributed by atoms with van der Waals surface area (Å²) >= 11 is 0. The number of nitrogens with zero attached hydrogens (tertiary/aromatic N) is 3. The number of anilines is 1. The number of likely N-dealkylation sites (N-methyl/N-ethyl adjacent to an activating group) is 1. The minimum atomic E-state index is -3.08. The van der Waals surface area contributed by atoms with Crippen LogP contribution in [0.1, 0.15) is 62.4 Å². The zero-order valence-electron chi connectivity index (χ0n) is 34.6. The molecule has 2 unspecified atom stereocenters. The molecule has 12 nitrogen and oxygen atoms in total. The summed E-state index contributed by atoms with van der Waals surface area (Å²) in [4.78, 5) is 52.3. The molecule has 5 aliphatic heterocycles. The third-order valence-electron chi connectivity index (χ3n) is 14.8. The highest BCUT2D eigenvalue weighted by molar-refractivity contribution is 5.95. The lowest BCUT2D eigenvalue weighted by Crippen LogP contribution is -2.81. The quantitative estimate of drug-likeness (QED) is 0.190. The molecule has 1 spiro atoms. The molecule has 2 N–H and O–H groups in total. The number of hydrogen-bond acceptors (Lipinski definition) is 11. The van der Waals surface area contributed by atoms with Crippen LogP contribution in [0, 0.1) is 11.3 Å². The van der Waals surface area contributed by atoms with Gasteiger partial charge in [0.05, 0.1) is 27.4 Å². The molecular formula is C45H52F2N4O8. The number of benzene rings is 2. The van der Waals surface area contributed by atoms with Gasteiger partial charge in [0.25, 0.3) is 5.92 Å². The summed E-state index contributed by atoms with van der Waals surface area (Å²) in [6, 6.07) is 10.2. The maximum Gasteiger partial charge on any atom is 0.344 e. The Morgan fingerprint density at radius 1 is 1.03 bits per heavy atom. The first-order valence-corrected chi connectivity index (χ1v) is 20.4. The van der Waals surface area contributed by atoms with Gasteiger partial charge < -0.3 is 33.9 Å². The number of halogens is 2. The summed E-state index contributed by atoms with van der Waals surface area (Å²) in [6.07, 6.45) is 5.35. The van der Waals surface area contributed by atoms with Gasteiger partial charge in [0, 0.05) is 103 Å². The minimum absolute atomic E-state index is 0.000905. The number of hydrogen-bond donors (Lipinski definition) is 2. The second-order valence-corrected chi connectivity index (χ2v) is 17.6. The van der Waals surface area contributed by atoms with Gasteiger partial charge in [-0.15, -0.1) is 0 Å². The largest absolute Gasteiger partial charge is 0.496 e. The highest BCUT2D eigenvalue weighted by atomic mass is 19.3. The number of esters is 3. The van der Waals surface area contributed by atoms with E-state index in [9.17, 15) is 14.7 Å². The van der Waals surface area contributed by atoms with E-state index in [2.05, 4.69) is 9.88 Å². The fraction of sp³-hybridized carbons (Fsp3) is 0.533. The number of H-pyrrole nitrogens is 1. The van der Waals surface area contributed by atoms with Crippen LogP contribution in [-0.2, 0) is 46.0 Å². The van der Waals surface area contributed by atoms with Crippen molar-refractivity contribution in [1.82, 2.24) is 14.8 Å². The molecule has 1 aliphatic carbocycles. The summed E-state index contributed by atoms with van der Waals surface area (Å²) < 4.78 is 54.1. The smallest absolute Gasteiger partial charge is 0.344 e. The van der Waals surface area contributed by atoms with Crippen LogP contribution >= 0.6 is 0 Å². The first-order chi connectivity index (χ1) is 28.1. The van der Waals surface area contributed by atoms with Crippen LogP contribution in [0.15, 0.2) is 60.2 Å². The summed E-state index contributed by atoms with van der Waals surface area (Å²) in [5.74, 6) is -5.36. The van der Waals surface area contributed by atoms with Crippen LogP contribution in [-0.4, -0.2) is 122 Å². The number of carbonyl (C=O) groups excluding carboxylic acids is 3. The van der Waals surface area contributed by atoms with Gasteiger partial charge in [-0.2, -0.15) is 0 Å². The van der Waals surface area contributed by atoms with Crippen LogP contribution in [0.25, 0.3) is 10.9 Å². The van der Waals surface area contributed by atoms with Crippen molar-refractivity contribution in [3.05, 3.63) is 82.6 Å². The van der Waals surface area contributed by atoms with E-state index in [0.29, 0.717) is 61.7 Å². The zero-order valence-corrected chi connectivity index (χ0v) is 34.6. The van der Waals surface area contributed by atoms with Gasteiger partial charge in [0.15, 0.2) is 6.10 Å². The number of aliphatic hydroxyl groups is 1. The lowest BCUT2D eigenvalue weighted by molar-refractivity contribution is -0.228. The first kappa shape index (κ1) is 39.7. The Hall–Kier alpha value is -4.79. The van der Waals surface area contributed by atoms with Crippen molar-refractivity contribution in [2.45, 2.75) is 87.1 Å². The van der Waals surface area contributed by atoms with Crippen molar-refractivity contribution in [1.29, 1.82) is 0 Å². The average Bonchev–Trinajstić information content (AvgIpc) is 3.86. The van der Waals surface area contributed by atoms with E-state index in [1.54, 1.807) is 6.08 Å². The van der Waals surface area contributed by atoms with Crippen LogP contribution < -0.4 is 9.64 Å². The fourth-order valence-electron chi connectivity index (χ4n) is 12.8. The van der Waals surface area contributed by atoms with Crippen molar-refractivity contribution < 1.29 is 47.2 Å². The Morgan fingerprint density at radius 3 is 2.46 bits per heavy atom.